The molecule has 8 nitrogen and oxygen atoms in total. The molecule has 1 aliphatic rings. The van der Waals surface area contributed by atoms with E-state index in [1.807, 2.05) is 6.92 Å². The minimum atomic E-state index is -0.486. The van der Waals surface area contributed by atoms with Gasteiger partial charge in [-0.2, -0.15) is 4.98 Å². The second-order valence-electron chi connectivity index (χ2n) is 4.32. The fourth-order valence-corrected chi connectivity index (χ4v) is 1.98. The van der Waals surface area contributed by atoms with Gasteiger partial charge >= 0.3 is 5.69 Å². The highest BCUT2D eigenvalue weighted by molar-refractivity contribution is 5.57. The first-order valence-corrected chi connectivity index (χ1v) is 6.21. The second-order valence-corrected chi connectivity index (χ2v) is 4.32. The van der Waals surface area contributed by atoms with Crippen molar-refractivity contribution in [2.45, 2.75) is 31.9 Å². The average molecular weight is 267 g/mol. The van der Waals surface area contributed by atoms with Gasteiger partial charge in [-0.15, -0.1) is 0 Å². The Morgan fingerprint density at radius 1 is 1.58 bits per heavy atom. The predicted octanol–water partition coefficient (Wildman–Crippen LogP) is 1.41. The van der Waals surface area contributed by atoms with Crippen LogP contribution in [-0.4, -0.2) is 40.7 Å². The molecular weight excluding hydrogens is 250 g/mol. The van der Waals surface area contributed by atoms with Gasteiger partial charge in [0, 0.05) is 19.7 Å². The first-order chi connectivity index (χ1) is 9.13. The third-order valence-corrected chi connectivity index (χ3v) is 3.03. The molecule has 8 heteroatoms. The van der Waals surface area contributed by atoms with Gasteiger partial charge in [-0.3, -0.25) is 10.1 Å². The molecule has 1 aliphatic carbocycles. The number of nitro groups is 1. The van der Waals surface area contributed by atoms with Crippen LogP contribution in [0.4, 0.5) is 17.5 Å². The molecule has 0 saturated heterocycles. The molecular formula is C11H17N5O3. The van der Waals surface area contributed by atoms with Crippen molar-refractivity contribution in [3.05, 3.63) is 16.3 Å². The number of nitrogens with zero attached hydrogens (tertiary/aromatic N) is 3. The number of ether oxygens (including phenoxy) is 1. The highest BCUT2D eigenvalue weighted by Crippen LogP contribution is 2.30. The minimum Gasteiger partial charge on any atom is -0.378 e. The summed E-state index contributed by atoms with van der Waals surface area (Å²) in [7, 11) is 1.67. The summed E-state index contributed by atoms with van der Waals surface area (Å²) in [5.41, 5.74) is -0.112. The first-order valence-electron chi connectivity index (χ1n) is 6.21. The van der Waals surface area contributed by atoms with E-state index in [9.17, 15) is 10.1 Å². The zero-order valence-electron chi connectivity index (χ0n) is 10.9. The molecule has 1 aromatic rings. The molecule has 0 aliphatic heterocycles. The number of anilines is 2. The van der Waals surface area contributed by atoms with Crippen LogP contribution in [0.2, 0.25) is 0 Å². The van der Waals surface area contributed by atoms with Gasteiger partial charge in [-0.05, 0) is 19.8 Å². The summed E-state index contributed by atoms with van der Waals surface area (Å²) in [6.07, 6.45) is 3.13. The molecule has 1 aromatic heterocycles. The average Bonchev–Trinajstić information content (AvgIpc) is 2.35. The lowest BCUT2D eigenvalue weighted by atomic mass is 9.89. The van der Waals surface area contributed by atoms with E-state index in [0.717, 1.165) is 12.8 Å². The summed E-state index contributed by atoms with van der Waals surface area (Å²) in [5.74, 6) is 0.609. The van der Waals surface area contributed by atoms with Gasteiger partial charge in [0.2, 0.25) is 11.8 Å². The summed E-state index contributed by atoms with van der Waals surface area (Å²) in [5, 5.41) is 16.8. The second kappa shape index (κ2) is 5.79. The van der Waals surface area contributed by atoms with Crippen LogP contribution in [0.15, 0.2) is 6.20 Å². The molecule has 19 heavy (non-hydrogen) atoms. The van der Waals surface area contributed by atoms with Crippen LogP contribution in [0, 0.1) is 10.1 Å². The fraction of sp³-hybridized carbons (Fsp3) is 0.636. The standard InChI is InChI=1S/C11H17N5O3/c1-3-19-8-4-7(5-8)14-10-9(16(17)18)6-13-11(12-2)15-10/h6-8H,3-5H2,1-2H3,(H2,12,13,14,15). The molecule has 1 heterocycles. The van der Waals surface area contributed by atoms with Crippen LogP contribution in [-0.2, 0) is 4.74 Å². The van der Waals surface area contributed by atoms with Crippen LogP contribution < -0.4 is 10.6 Å². The van der Waals surface area contributed by atoms with E-state index in [4.69, 9.17) is 4.74 Å². The van der Waals surface area contributed by atoms with E-state index in [2.05, 4.69) is 20.6 Å². The van der Waals surface area contributed by atoms with Crippen molar-refractivity contribution in [2.75, 3.05) is 24.3 Å². The van der Waals surface area contributed by atoms with Crippen LogP contribution in [0.1, 0.15) is 19.8 Å². The molecule has 0 aromatic carbocycles. The third kappa shape index (κ3) is 3.08. The Bertz CT molecular complexity index is 462. The van der Waals surface area contributed by atoms with Gasteiger partial charge in [0.25, 0.3) is 0 Å². The molecule has 1 fully saturated rings. The van der Waals surface area contributed by atoms with Crippen LogP contribution in [0.5, 0.6) is 0 Å². The smallest absolute Gasteiger partial charge is 0.329 e. The Kier molecular flexibility index (Phi) is 4.10. The van der Waals surface area contributed by atoms with Crippen molar-refractivity contribution >= 4 is 17.5 Å². The lowest BCUT2D eigenvalue weighted by Gasteiger charge is -2.35. The van der Waals surface area contributed by atoms with E-state index < -0.39 is 4.92 Å². The molecule has 0 amide bonds. The number of rotatable bonds is 6. The van der Waals surface area contributed by atoms with Crippen molar-refractivity contribution in [2.24, 2.45) is 0 Å². The molecule has 2 rings (SSSR count). The zero-order valence-corrected chi connectivity index (χ0v) is 10.9. The number of aromatic nitrogens is 2. The van der Waals surface area contributed by atoms with Gasteiger partial charge in [0.05, 0.1) is 11.0 Å². The lowest BCUT2D eigenvalue weighted by Crippen LogP contribution is -2.41. The lowest BCUT2D eigenvalue weighted by molar-refractivity contribution is -0.384. The Morgan fingerprint density at radius 2 is 2.32 bits per heavy atom. The van der Waals surface area contributed by atoms with Crippen molar-refractivity contribution < 1.29 is 9.66 Å². The highest BCUT2D eigenvalue weighted by atomic mass is 16.6. The Balaban J connectivity index is 2.04. The Labute approximate surface area is 110 Å². The summed E-state index contributed by atoms with van der Waals surface area (Å²) < 4.78 is 5.45. The molecule has 0 spiro atoms. The maximum absolute atomic E-state index is 10.9. The van der Waals surface area contributed by atoms with Crippen LogP contribution in [0.25, 0.3) is 0 Å². The Hall–Kier alpha value is -1.96. The van der Waals surface area contributed by atoms with Gasteiger partial charge in [0.1, 0.15) is 6.20 Å². The van der Waals surface area contributed by atoms with Gasteiger partial charge in [-0.25, -0.2) is 4.98 Å². The van der Waals surface area contributed by atoms with Crippen LogP contribution in [0.3, 0.4) is 0 Å². The largest absolute Gasteiger partial charge is 0.378 e. The molecule has 104 valence electrons. The maximum atomic E-state index is 10.9. The summed E-state index contributed by atoms with van der Waals surface area (Å²) in [6.45, 7) is 2.64. The SMILES string of the molecule is CCOC1CC(Nc2nc(NC)ncc2[N+](=O)[O-])C1. The van der Waals surface area contributed by atoms with E-state index in [1.54, 1.807) is 7.05 Å². The van der Waals surface area contributed by atoms with Crippen molar-refractivity contribution in [1.82, 2.24) is 9.97 Å². The van der Waals surface area contributed by atoms with Crippen molar-refractivity contribution in [3.63, 3.8) is 0 Å². The summed E-state index contributed by atoms with van der Waals surface area (Å²) in [6, 6.07) is 0.162. The molecule has 0 radical (unpaired) electrons. The molecule has 0 unspecified atom stereocenters. The fourth-order valence-electron chi connectivity index (χ4n) is 1.98. The normalized spacial score (nSPS) is 21.6. The number of hydrogen-bond acceptors (Lipinski definition) is 7. The molecule has 0 atom stereocenters. The first kappa shape index (κ1) is 13.5. The third-order valence-electron chi connectivity index (χ3n) is 3.03. The molecule has 0 bridgehead atoms. The Morgan fingerprint density at radius 3 is 2.89 bits per heavy atom. The van der Waals surface area contributed by atoms with Gasteiger partial charge in [-0.1, -0.05) is 0 Å². The topological polar surface area (TPSA) is 102 Å². The molecule has 2 N–H and O–H groups in total. The molecule has 1 saturated carbocycles. The van der Waals surface area contributed by atoms with Crippen molar-refractivity contribution in [3.8, 4) is 0 Å². The highest BCUT2D eigenvalue weighted by Gasteiger charge is 2.31. The number of nitrogens with one attached hydrogen (secondary N) is 2. The maximum Gasteiger partial charge on any atom is 0.329 e. The van der Waals surface area contributed by atoms with Gasteiger partial charge < -0.3 is 15.4 Å². The summed E-state index contributed by atoms with van der Waals surface area (Å²) >= 11 is 0. The monoisotopic (exact) mass is 267 g/mol. The van der Waals surface area contributed by atoms with Crippen LogP contribution >= 0.6 is 0 Å². The van der Waals surface area contributed by atoms with E-state index in [-0.39, 0.29) is 23.7 Å². The number of hydrogen-bond donors (Lipinski definition) is 2. The van der Waals surface area contributed by atoms with E-state index >= 15 is 0 Å². The summed E-state index contributed by atoms with van der Waals surface area (Å²) in [4.78, 5) is 18.4. The van der Waals surface area contributed by atoms with Gasteiger partial charge in [0.15, 0.2) is 0 Å². The zero-order chi connectivity index (χ0) is 13.8. The van der Waals surface area contributed by atoms with E-state index in [0.29, 0.717) is 12.6 Å². The quantitative estimate of drug-likeness (QED) is 0.593. The van der Waals surface area contributed by atoms with Crippen molar-refractivity contribution in [1.29, 1.82) is 0 Å². The minimum absolute atomic E-state index is 0.112. The predicted molar refractivity (Wildman–Crippen MR) is 70.3 cm³/mol. The van der Waals surface area contributed by atoms with E-state index in [1.165, 1.54) is 6.20 Å².